The quantitative estimate of drug-likeness (QED) is 0.697. The van der Waals surface area contributed by atoms with Crippen LogP contribution >= 0.6 is 11.6 Å². The molecule has 0 radical (unpaired) electrons. The van der Waals surface area contributed by atoms with Crippen LogP contribution in [0.25, 0.3) is 11.3 Å². The van der Waals surface area contributed by atoms with Crippen molar-refractivity contribution in [3.05, 3.63) is 71.5 Å². The molecule has 1 aliphatic heterocycles. The molecule has 148 valence electrons. The molecule has 6 nitrogen and oxygen atoms in total. The molecule has 7 heteroatoms. The van der Waals surface area contributed by atoms with Gasteiger partial charge in [0.25, 0.3) is 0 Å². The van der Waals surface area contributed by atoms with Crippen LogP contribution in [0.4, 0.5) is 5.82 Å². The van der Waals surface area contributed by atoms with E-state index < -0.39 is 0 Å². The summed E-state index contributed by atoms with van der Waals surface area (Å²) in [6.07, 6.45) is 5.10. The second-order valence-corrected chi connectivity index (χ2v) is 7.55. The summed E-state index contributed by atoms with van der Waals surface area (Å²) >= 11 is 5.90. The normalized spacial score (nSPS) is 14.6. The fraction of sp³-hybridized carbons (Fsp3) is 0.273. The number of nitrogens with one attached hydrogen (secondary N) is 1. The predicted octanol–water partition coefficient (Wildman–Crippen LogP) is 3.72. The molecule has 1 saturated heterocycles. The average molecular weight is 408 g/mol. The van der Waals surface area contributed by atoms with Gasteiger partial charge >= 0.3 is 0 Å². The number of pyridine rings is 1. The first kappa shape index (κ1) is 19.3. The predicted molar refractivity (Wildman–Crippen MR) is 113 cm³/mol. The van der Waals surface area contributed by atoms with Gasteiger partial charge in [-0.1, -0.05) is 23.7 Å². The average Bonchev–Trinajstić information content (AvgIpc) is 2.79. The van der Waals surface area contributed by atoms with E-state index in [1.54, 1.807) is 12.4 Å². The maximum absolute atomic E-state index is 12.5. The number of aromatic nitrogens is 3. The van der Waals surface area contributed by atoms with Crippen LogP contribution in [0.15, 0.2) is 60.9 Å². The molecule has 1 aliphatic rings. The fourth-order valence-electron chi connectivity index (χ4n) is 3.48. The molecule has 0 atom stereocenters. The third-order valence-corrected chi connectivity index (χ3v) is 5.45. The van der Waals surface area contributed by atoms with E-state index in [1.807, 2.05) is 48.5 Å². The van der Waals surface area contributed by atoms with E-state index in [0.717, 1.165) is 48.6 Å². The number of benzene rings is 1. The lowest BCUT2D eigenvalue weighted by molar-refractivity contribution is -0.125. The lowest BCUT2D eigenvalue weighted by atomic mass is 9.96. The molecule has 1 aromatic carbocycles. The molecule has 1 fully saturated rings. The summed E-state index contributed by atoms with van der Waals surface area (Å²) in [6, 6.07) is 15.3. The van der Waals surface area contributed by atoms with Gasteiger partial charge in [0.15, 0.2) is 5.82 Å². The van der Waals surface area contributed by atoms with Crippen molar-refractivity contribution in [2.45, 2.75) is 19.4 Å². The summed E-state index contributed by atoms with van der Waals surface area (Å²) < 4.78 is 0. The second-order valence-electron chi connectivity index (χ2n) is 7.12. The minimum atomic E-state index is 0.0302. The second kappa shape index (κ2) is 9.01. The highest BCUT2D eigenvalue weighted by atomic mass is 35.5. The summed E-state index contributed by atoms with van der Waals surface area (Å²) in [5.74, 6) is 0.990. The first-order valence-corrected chi connectivity index (χ1v) is 10.1. The maximum Gasteiger partial charge on any atom is 0.223 e. The Hall–Kier alpha value is -2.99. The van der Waals surface area contributed by atoms with E-state index in [0.29, 0.717) is 11.6 Å². The molecular formula is C22H22ClN5O. The highest BCUT2D eigenvalue weighted by Crippen LogP contribution is 2.23. The van der Waals surface area contributed by atoms with E-state index in [1.165, 1.54) is 0 Å². The molecular weight excluding hydrogens is 386 g/mol. The standard InChI is InChI=1S/C22H22ClN5O/c23-19-3-1-16(2-4-19)15-25-22(29)18-9-13-28(14-10-18)21-6-5-20(26-27-21)17-7-11-24-12-8-17/h1-8,11-12,18H,9-10,13-15H2,(H,25,29). The van der Waals surface area contributed by atoms with Crippen molar-refractivity contribution in [2.75, 3.05) is 18.0 Å². The molecule has 3 heterocycles. The van der Waals surface area contributed by atoms with Gasteiger partial charge < -0.3 is 10.2 Å². The number of hydrogen-bond acceptors (Lipinski definition) is 5. The first-order chi connectivity index (χ1) is 14.2. The Bertz CT molecular complexity index is 939. The lowest BCUT2D eigenvalue weighted by Crippen LogP contribution is -2.40. The zero-order chi connectivity index (χ0) is 20.1. The Morgan fingerprint density at radius 2 is 1.72 bits per heavy atom. The molecule has 0 saturated carbocycles. The SMILES string of the molecule is O=C(NCc1ccc(Cl)cc1)C1CCN(c2ccc(-c3ccncc3)nn2)CC1. The number of amides is 1. The van der Waals surface area contributed by atoms with E-state index in [4.69, 9.17) is 11.6 Å². The van der Waals surface area contributed by atoms with Crippen LogP contribution in [0.2, 0.25) is 5.02 Å². The molecule has 0 spiro atoms. The van der Waals surface area contributed by atoms with E-state index in [2.05, 4.69) is 25.4 Å². The molecule has 2 aromatic heterocycles. The molecule has 3 aromatic rings. The smallest absolute Gasteiger partial charge is 0.223 e. The van der Waals surface area contributed by atoms with Crippen molar-refractivity contribution >= 4 is 23.3 Å². The summed E-state index contributed by atoms with van der Waals surface area (Å²) in [5.41, 5.74) is 2.87. The van der Waals surface area contributed by atoms with Crippen molar-refractivity contribution in [1.82, 2.24) is 20.5 Å². The van der Waals surface area contributed by atoms with E-state index >= 15 is 0 Å². The topological polar surface area (TPSA) is 71.0 Å². The summed E-state index contributed by atoms with van der Waals surface area (Å²) in [4.78, 5) is 18.7. The zero-order valence-electron chi connectivity index (χ0n) is 16.0. The highest BCUT2D eigenvalue weighted by molar-refractivity contribution is 6.30. The van der Waals surface area contributed by atoms with Crippen LogP contribution in [-0.4, -0.2) is 34.2 Å². The summed E-state index contributed by atoms with van der Waals surface area (Å²) in [7, 11) is 0. The number of carbonyl (C=O) groups excluding carboxylic acids is 1. The number of halogens is 1. The summed E-state index contributed by atoms with van der Waals surface area (Å²) in [6.45, 7) is 2.11. The van der Waals surface area contributed by atoms with Crippen molar-refractivity contribution in [2.24, 2.45) is 5.92 Å². The summed E-state index contributed by atoms with van der Waals surface area (Å²) in [5, 5.41) is 12.4. The Balaban J connectivity index is 1.28. The number of hydrogen-bond donors (Lipinski definition) is 1. The molecule has 4 rings (SSSR count). The van der Waals surface area contributed by atoms with Gasteiger partial charge in [-0.2, -0.15) is 0 Å². The Morgan fingerprint density at radius 1 is 1.00 bits per heavy atom. The monoisotopic (exact) mass is 407 g/mol. The molecule has 0 aliphatic carbocycles. The number of piperidine rings is 1. The Labute approximate surface area is 174 Å². The van der Waals surface area contributed by atoms with Gasteiger partial charge in [-0.25, -0.2) is 0 Å². The number of rotatable bonds is 5. The zero-order valence-corrected chi connectivity index (χ0v) is 16.7. The van der Waals surface area contributed by atoms with Crippen molar-refractivity contribution in [3.8, 4) is 11.3 Å². The fourth-order valence-corrected chi connectivity index (χ4v) is 3.60. The highest BCUT2D eigenvalue weighted by Gasteiger charge is 2.25. The molecule has 29 heavy (non-hydrogen) atoms. The minimum Gasteiger partial charge on any atom is -0.355 e. The van der Waals surface area contributed by atoms with Crippen LogP contribution in [0.5, 0.6) is 0 Å². The van der Waals surface area contributed by atoms with Gasteiger partial charge in [-0.05, 0) is 54.8 Å². The van der Waals surface area contributed by atoms with E-state index in [-0.39, 0.29) is 11.8 Å². The van der Waals surface area contributed by atoms with Gasteiger partial charge in [0.1, 0.15) is 0 Å². The van der Waals surface area contributed by atoms with Gasteiger partial charge in [0.05, 0.1) is 5.69 Å². The van der Waals surface area contributed by atoms with E-state index in [9.17, 15) is 4.79 Å². The Kier molecular flexibility index (Phi) is 6.00. The van der Waals surface area contributed by atoms with Crippen molar-refractivity contribution in [3.63, 3.8) is 0 Å². The van der Waals surface area contributed by atoms with Crippen LogP contribution in [-0.2, 0) is 11.3 Å². The van der Waals surface area contributed by atoms with Crippen LogP contribution in [0, 0.1) is 5.92 Å². The van der Waals surface area contributed by atoms with Crippen LogP contribution in [0.1, 0.15) is 18.4 Å². The minimum absolute atomic E-state index is 0.0302. The van der Waals surface area contributed by atoms with Crippen LogP contribution in [0.3, 0.4) is 0 Å². The van der Waals surface area contributed by atoms with Gasteiger partial charge in [0.2, 0.25) is 5.91 Å². The molecule has 0 bridgehead atoms. The van der Waals surface area contributed by atoms with Gasteiger partial charge in [-0.3, -0.25) is 9.78 Å². The third-order valence-electron chi connectivity index (χ3n) is 5.20. The number of anilines is 1. The molecule has 1 N–H and O–H groups in total. The van der Waals surface area contributed by atoms with Crippen molar-refractivity contribution < 1.29 is 4.79 Å². The third kappa shape index (κ3) is 4.90. The largest absolute Gasteiger partial charge is 0.355 e. The number of nitrogens with zero attached hydrogens (tertiary/aromatic N) is 4. The van der Waals surface area contributed by atoms with Gasteiger partial charge in [-0.15, -0.1) is 10.2 Å². The first-order valence-electron chi connectivity index (χ1n) is 9.70. The van der Waals surface area contributed by atoms with Crippen LogP contribution < -0.4 is 10.2 Å². The van der Waals surface area contributed by atoms with Crippen molar-refractivity contribution in [1.29, 1.82) is 0 Å². The van der Waals surface area contributed by atoms with Gasteiger partial charge in [0, 0.05) is 48.5 Å². The maximum atomic E-state index is 12.5. The number of carbonyl (C=O) groups is 1. The molecule has 1 amide bonds. The Morgan fingerprint density at radius 3 is 2.38 bits per heavy atom. The molecule has 0 unspecified atom stereocenters. The lowest BCUT2D eigenvalue weighted by Gasteiger charge is -2.31.